The lowest BCUT2D eigenvalue weighted by atomic mass is 10.5. The molecule has 0 spiro atoms. The molecule has 0 amide bonds. The molecule has 0 aromatic heterocycles. The number of allylic oxidation sites excluding steroid dienone is 1. The molecule has 0 unspecified atom stereocenters. The lowest BCUT2D eigenvalue weighted by Gasteiger charge is -2.23. The standard InChI is InChI=1S/C9H17Cl2O3P/c1-7(2)15(12,13-8(3)5-10)14-9(4)6-11/h8-9H,1,5-6H2,2-4H3/t8-,9-/m1/s1. The van der Waals surface area contributed by atoms with Crippen LogP contribution in [0.3, 0.4) is 0 Å². The van der Waals surface area contributed by atoms with Crippen LogP contribution in [0.4, 0.5) is 0 Å². The zero-order valence-corrected chi connectivity index (χ0v) is 11.6. The van der Waals surface area contributed by atoms with Crippen molar-refractivity contribution in [2.45, 2.75) is 33.0 Å². The summed E-state index contributed by atoms with van der Waals surface area (Å²) in [5.74, 6) is 0.492. The van der Waals surface area contributed by atoms with Crippen LogP contribution in [-0.4, -0.2) is 24.0 Å². The summed E-state index contributed by atoms with van der Waals surface area (Å²) in [6, 6.07) is 0. The molecular weight excluding hydrogens is 258 g/mol. The van der Waals surface area contributed by atoms with E-state index >= 15 is 0 Å². The maximum atomic E-state index is 12.2. The first-order valence-corrected chi connectivity index (χ1v) is 7.21. The van der Waals surface area contributed by atoms with Crippen molar-refractivity contribution < 1.29 is 13.6 Å². The van der Waals surface area contributed by atoms with Crippen LogP contribution in [-0.2, 0) is 13.6 Å². The summed E-state index contributed by atoms with van der Waals surface area (Å²) in [5, 5.41) is 0.358. The molecule has 0 saturated carbocycles. The van der Waals surface area contributed by atoms with Gasteiger partial charge in [-0.05, 0) is 20.8 Å². The number of hydrogen-bond acceptors (Lipinski definition) is 3. The number of alkyl halides is 2. The fourth-order valence-corrected chi connectivity index (χ4v) is 2.54. The molecule has 0 fully saturated rings. The molecule has 90 valence electrons. The van der Waals surface area contributed by atoms with Crippen molar-refractivity contribution in [3.63, 3.8) is 0 Å². The van der Waals surface area contributed by atoms with Crippen LogP contribution in [0, 0.1) is 0 Å². The second-order valence-electron chi connectivity index (χ2n) is 3.37. The highest BCUT2D eigenvalue weighted by atomic mass is 35.5. The van der Waals surface area contributed by atoms with Gasteiger partial charge >= 0.3 is 7.60 Å². The maximum Gasteiger partial charge on any atom is 0.357 e. The fraction of sp³-hybridized carbons (Fsp3) is 0.778. The van der Waals surface area contributed by atoms with Crippen LogP contribution in [0.1, 0.15) is 20.8 Å². The van der Waals surface area contributed by atoms with Gasteiger partial charge in [0.15, 0.2) is 0 Å². The minimum atomic E-state index is -3.30. The van der Waals surface area contributed by atoms with Crippen molar-refractivity contribution in [2.24, 2.45) is 0 Å². The van der Waals surface area contributed by atoms with Crippen LogP contribution in [0.2, 0.25) is 0 Å². The van der Waals surface area contributed by atoms with E-state index in [9.17, 15) is 4.57 Å². The minimum Gasteiger partial charge on any atom is -0.301 e. The van der Waals surface area contributed by atoms with Gasteiger partial charge in [0, 0.05) is 17.1 Å². The SMILES string of the molecule is C=C(C)P(=O)(O[C@H](C)CCl)O[C@H](C)CCl. The third kappa shape index (κ3) is 5.37. The van der Waals surface area contributed by atoms with E-state index in [1.807, 2.05) is 0 Å². The Hall–Kier alpha value is 0.470. The van der Waals surface area contributed by atoms with E-state index in [4.69, 9.17) is 32.2 Å². The molecule has 6 heteroatoms. The lowest BCUT2D eigenvalue weighted by molar-refractivity contribution is 0.150. The van der Waals surface area contributed by atoms with E-state index in [-0.39, 0.29) is 24.0 Å². The Labute approximate surface area is 101 Å². The molecule has 0 aromatic carbocycles. The predicted molar refractivity (Wildman–Crippen MR) is 65.0 cm³/mol. The van der Waals surface area contributed by atoms with E-state index in [0.717, 1.165) is 0 Å². The van der Waals surface area contributed by atoms with Gasteiger partial charge in [0.1, 0.15) is 0 Å². The highest BCUT2D eigenvalue weighted by Gasteiger charge is 2.30. The summed E-state index contributed by atoms with van der Waals surface area (Å²) in [6.45, 7) is 8.64. The number of halogens is 2. The molecule has 0 radical (unpaired) electrons. The van der Waals surface area contributed by atoms with Crippen LogP contribution in [0.25, 0.3) is 0 Å². The highest BCUT2D eigenvalue weighted by molar-refractivity contribution is 7.58. The first-order chi connectivity index (χ1) is 6.85. The van der Waals surface area contributed by atoms with E-state index in [1.165, 1.54) is 0 Å². The first-order valence-electron chi connectivity index (χ1n) is 4.60. The third-order valence-electron chi connectivity index (χ3n) is 1.54. The molecule has 0 rings (SSSR count). The average molecular weight is 275 g/mol. The summed E-state index contributed by atoms with van der Waals surface area (Å²) in [4.78, 5) is 0. The molecule has 0 bridgehead atoms. The van der Waals surface area contributed by atoms with Crippen molar-refractivity contribution in [1.29, 1.82) is 0 Å². The quantitative estimate of drug-likeness (QED) is 0.520. The van der Waals surface area contributed by atoms with Gasteiger partial charge in [0.05, 0.1) is 12.2 Å². The Morgan fingerprint density at radius 3 is 1.80 bits per heavy atom. The molecule has 0 saturated heterocycles. The molecule has 2 atom stereocenters. The zero-order valence-electron chi connectivity index (χ0n) is 9.20. The predicted octanol–water partition coefficient (Wildman–Crippen LogP) is 4.00. The second kappa shape index (κ2) is 6.93. The largest absolute Gasteiger partial charge is 0.357 e. The van der Waals surface area contributed by atoms with E-state index in [0.29, 0.717) is 5.31 Å². The smallest absolute Gasteiger partial charge is 0.301 e. The zero-order chi connectivity index (χ0) is 12.1. The molecule has 3 nitrogen and oxygen atoms in total. The molecular formula is C9H17Cl2O3P. The Morgan fingerprint density at radius 2 is 1.60 bits per heavy atom. The lowest BCUT2D eigenvalue weighted by Crippen LogP contribution is -2.14. The highest BCUT2D eigenvalue weighted by Crippen LogP contribution is 2.57. The van der Waals surface area contributed by atoms with Crippen molar-refractivity contribution in [3.8, 4) is 0 Å². The normalized spacial score (nSPS) is 16.1. The van der Waals surface area contributed by atoms with Gasteiger partial charge in [-0.15, -0.1) is 23.2 Å². The van der Waals surface area contributed by atoms with Crippen molar-refractivity contribution in [3.05, 3.63) is 11.9 Å². The summed E-state index contributed by atoms with van der Waals surface area (Å²) in [7, 11) is -3.30. The van der Waals surface area contributed by atoms with Crippen LogP contribution in [0.5, 0.6) is 0 Å². The maximum absolute atomic E-state index is 12.2. The van der Waals surface area contributed by atoms with Crippen LogP contribution < -0.4 is 0 Å². The molecule has 0 aliphatic rings. The molecule has 0 heterocycles. The Morgan fingerprint density at radius 1 is 1.27 bits per heavy atom. The fourth-order valence-electron chi connectivity index (χ4n) is 0.735. The van der Waals surface area contributed by atoms with Gasteiger partial charge in [-0.1, -0.05) is 6.58 Å². The van der Waals surface area contributed by atoms with Crippen LogP contribution in [0.15, 0.2) is 11.9 Å². The van der Waals surface area contributed by atoms with E-state index in [1.54, 1.807) is 20.8 Å². The van der Waals surface area contributed by atoms with Gasteiger partial charge < -0.3 is 9.05 Å². The third-order valence-corrected chi connectivity index (χ3v) is 4.62. The van der Waals surface area contributed by atoms with Crippen molar-refractivity contribution >= 4 is 30.8 Å². The number of hydrogen-bond donors (Lipinski definition) is 0. The van der Waals surface area contributed by atoms with Crippen LogP contribution >= 0.6 is 30.8 Å². The monoisotopic (exact) mass is 274 g/mol. The van der Waals surface area contributed by atoms with E-state index in [2.05, 4.69) is 6.58 Å². The Balaban J connectivity index is 4.60. The number of rotatable bonds is 7. The summed E-state index contributed by atoms with van der Waals surface area (Å²) in [5.41, 5.74) is 0. The average Bonchev–Trinajstić information content (AvgIpc) is 2.16. The summed E-state index contributed by atoms with van der Waals surface area (Å²) < 4.78 is 22.7. The van der Waals surface area contributed by atoms with Crippen molar-refractivity contribution in [2.75, 3.05) is 11.8 Å². The van der Waals surface area contributed by atoms with Gasteiger partial charge in [0.2, 0.25) is 0 Å². The Bertz CT molecular complexity index is 242. The van der Waals surface area contributed by atoms with Gasteiger partial charge in [0.25, 0.3) is 0 Å². The topological polar surface area (TPSA) is 35.5 Å². The van der Waals surface area contributed by atoms with Crippen molar-refractivity contribution in [1.82, 2.24) is 0 Å². The molecule has 0 aromatic rings. The molecule has 0 aliphatic carbocycles. The van der Waals surface area contributed by atoms with Gasteiger partial charge in [-0.3, -0.25) is 4.57 Å². The summed E-state index contributed by atoms with van der Waals surface area (Å²) in [6.07, 6.45) is -0.701. The second-order valence-corrected chi connectivity index (χ2v) is 6.17. The first kappa shape index (κ1) is 15.5. The van der Waals surface area contributed by atoms with Gasteiger partial charge in [-0.25, -0.2) is 0 Å². The molecule has 15 heavy (non-hydrogen) atoms. The molecule has 0 aliphatic heterocycles. The van der Waals surface area contributed by atoms with E-state index < -0.39 is 7.60 Å². The van der Waals surface area contributed by atoms with Gasteiger partial charge in [-0.2, -0.15) is 0 Å². The Kier molecular flexibility index (Phi) is 7.14. The minimum absolute atomic E-state index is 0.246. The summed E-state index contributed by atoms with van der Waals surface area (Å²) >= 11 is 11.2. The molecule has 0 N–H and O–H groups in total.